The van der Waals surface area contributed by atoms with Crippen LogP contribution in [-0.2, 0) is 7.05 Å². The Hall–Kier alpha value is -3.81. The number of nitrogen functional groups attached to an aromatic ring is 1. The van der Waals surface area contributed by atoms with Gasteiger partial charge >= 0.3 is 0 Å². The van der Waals surface area contributed by atoms with Crippen LogP contribution in [0.25, 0.3) is 39.2 Å². The Balaban J connectivity index is 1.91. The van der Waals surface area contributed by atoms with Gasteiger partial charge in [-0.25, -0.2) is 23.7 Å². The lowest BCUT2D eigenvalue weighted by Crippen LogP contribution is -2.04. The monoisotopic (exact) mass is 376 g/mol. The van der Waals surface area contributed by atoms with E-state index in [1.54, 1.807) is 46.9 Å². The van der Waals surface area contributed by atoms with Crippen molar-refractivity contribution in [2.45, 2.75) is 0 Å². The molecule has 0 saturated carbocycles. The standard InChI is InChI=1S/C20H14F2N6/c1-27-10-25-17-14(22)8-12(9-15(17)27)18-16(11-3-2-4-13(21)7-11)26-19(23)20-24-5-6-28(18)20/h2-10H,1H3,(H2,23,26). The van der Waals surface area contributed by atoms with E-state index in [9.17, 15) is 8.78 Å². The molecule has 0 aliphatic carbocycles. The Bertz CT molecular complexity index is 1370. The molecule has 6 nitrogen and oxygen atoms in total. The van der Waals surface area contributed by atoms with E-state index in [0.717, 1.165) is 0 Å². The molecule has 0 spiro atoms. The minimum atomic E-state index is -0.455. The smallest absolute Gasteiger partial charge is 0.180 e. The molecule has 0 saturated heterocycles. The molecule has 0 fully saturated rings. The number of halogens is 2. The highest BCUT2D eigenvalue weighted by atomic mass is 19.1. The number of hydrogen-bond donors (Lipinski definition) is 1. The summed E-state index contributed by atoms with van der Waals surface area (Å²) < 4.78 is 32.1. The van der Waals surface area contributed by atoms with E-state index in [1.165, 1.54) is 18.2 Å². The summed E-state index contributed by atoms with van der Waals surface area (Å²) in [6.07, 6.45) is 4.86. The fourth-order valence-corrected chi connectivity index (χ4v) is 3.45. The van der Waals surface area contributed by atoms with Crippen LogP contribution in [-0.4, -0.2) is 23.9 Å². The van der Waals surface area contributed by atoms with Gasteiger partial charge in [-0.3, -0.25) is 4.40 Å². The molecule has 3 heterocycles. The van der Waals surface area contributed by atoms with E-state index in [-0.39, 0.29) is 11.3 Å². The minimum Gasteiger partial charge on any atom is -0.381 e. The molecular weight excluding hydrogens is 362 g/mol. The van der Waals surface area contributed by atoms with Crippen LogP contribution in [0.2, 0.25) is 0 Å². The van der Waals surface area contributed by atoms with Crippen molar-refractivity contribution in [3.8, 4) is 22.5 Å². The Labute approximate surface area is 157 Å². The number of fused-ring (bicyclic) bond motifs is 2. The summed E-state index contributed by atoms with van der Waals surface area (Å²) in [4.78, 5) is 12.8. The zero-order valence-corrected chi connectivity index (χ0v) is 14.8. The number of rotatable bonds is 2. The number of anilines is 1. The third-order valence-corrected chi connectivity index (χ3v) is 4.72. The van der Waals surface area contributed by atoms with Gasteiger partial charge in [0.25, 0.3) is 0 Å². The molecule has 2 aromatic carbocycles. The number of aromatic nitrogens is 5. The fraction of sp³-hybridized carbons (Fsp3) is 0.0500. The molecule has 0 aliphatic heterocycles. The first-order chi connectivity index (χ1) is 13.5. The molecule has 0 aliphatic rings. The van der Waals surface area contributed by atoms with E-state index >= 15 is 0 Å². The largest absolute Gasteiger partial charge is 0.381 e. The SMILES string of the molecule is Cn1cnc2c(F)cc(-c3c(-c4cccc(F)c4)nc(N)c4nccn34)cc21. The molecule has 0 unspecified atom stereocenters. The summed E-state index contributed by atoms with van der Waals surface area (Å²) in [5, 5.41) is 0. The first-order valence-electron chi connectivity index (χ1n) is 8.52. The average molecular weight is 376 g/mol. The van der Waals surface area contributed by atoms with Crippen LogP contribution >= 0.6 is 0 Å². The van der Waals surface area contributed by atoms with E-state index in [0.29, 0.717) is 33.7 Å². The lowest BCUT2D eigenvalue weighted by atomic mass is 10.0. The van der Waals surface area contributed by atoms with Crippen LogP contribution in [0.5, 0.6) is 0 Å². The molecule has 8 heteroatoms. The van der Waals surface area contributed by atoms with Crippen LogP contribution in [0.1, 0.15) is 0 Å². The zero-order valence-electron chi connectivity index (χ0n) is 14.8. The number of imidazole rings is 2. The normalized spacial score (nSPS) is 11.5. The summed E-state index contributed by atoms with van der Waals surface area (Å²) in [5.74, 6) is -0.652. The van der Waals surface area contributed by atoms with Crippen LogP contribution in [0, 0.1) is 11.6 Å². The Kier molecular flexibility index (Phi) is 3.42. The summed E-state index contributed by atoms with van der Waals surface area (Å²) >= 11 is 0. The van der Waals surface area contributed by atoms with Crippen LogP contribution in [0.3, 0.4) is 0 Å². The Morgan fingerprint density at radius 3 is 2.71 bits per heavy atom. The number of benzene rings is 2. The van der Waals surface area contributed by atoms with Crippen molar-refractivity contribution < 1.29 is 8.78 Å². The van der Waals surface area contributed by atoms with Crippen LogP contribution in [0.4, 0.5) is 14.6 Å². The molecule has 138 valence electrons. The Morgan fingerprint density at radius 1 is 1.04 bits per heavy atom. The third-order valence-electron chi connectivity index (χ3n) is 4.72. The number of nitrogens with zero attached hydrogens (tertiary/aromatic N) is 5. The maximum Gasteiger partial charge on any atom is 0.180 e. The highest BCUT2D eigenvalue weighted by molar-refractivity contribution is 5.88. The Morgan fingerprint density at radius 2 is 1.89 bits per heavy atom. The summed E-state index contributed by atoms with van der Waals surface area (Å²) in [6, 6.07) is 9.26. The molecule has 0 bridgehead atoms. The van der Waals surface area contributed by atoms with Gasteiger partial charge in [0.15, 0.2) is 17.3 Å². The van der Waals surface area contributed by atoms with Crippen molar-refractivity contribution in [2.75, 3.05) is 5.73 Å². The number of aryl methyl sites for hydroxylation is 1. The fourth-order valence-electron chi connectivity index (χ4n) is 3.45. The lowest BCUT2D eigenvalue weighted by molar-refractivity contribution is 0.628. The van der Waals surface area contributed by atoms with Crippen molar-refractivity contribution >= 4 is 22.5 Å². The van der Waals surface area contributed by atoms with Gasteiger partial charge in [0.05, 0.1) is 23.2 Å². The molecular formula is C20H14F2N6. The molecule has 28 heavy (non-hydrogen) atoms. The first kappa shape index (κ1) is 16.4. The van der Waals surface area contributed by atoms with E-state index in [2.05, 4.69) is 15.0 Å². The van der Waals surface area contributed by atoms with Gasteiger partial charge in [-0.15, -0.1) is 0 Å². The van der Waals surface area contributed by atoms with Gasteiger partial charge in [0, 0.05) is 30.6 Å². The van der Waals surface area contributed by atoms with Gasteiger partial charge in [0.1, 0.15) is 11.3 Å². The second-order valence-corrected chi connectivity index (χ2v) is 6.51. The summed E-state index contributed by atoms with van der Waals surface area (Å²) in [5.41, 5.74) is 9.52. The third kappa shape index (κ3) is 2.34. The van der Waals surface area contributed by atoms with Crippen molar-refractivity contribution in [3.05, 3.63) is 66.8 Å². The van der Waals surface area contributed by atoms with Crippen molar-refractivity contribution in [2.24, 2.45) is 7.05 Å². The highest BCUT2D eigenvalue weighted by Crippen LogP contribution is 2.35. The quantitative estimate of drug-likeness (QED) is 0.508. The van der Waals surface area contributed by atoms with Gasteiger partial charge in [-0.05, 0) is 24.3 Å². The average Bonchev–Trinajstić information content (AvgIpc) is 3.30. The van der Waals surface area contributed by atoms with Crippen LogP contribution < -0.4 is 5.73 Å². The van der Waals surface area contributed by atoms with E-state index in [4.69, 9.17) is 5.73 Å². The molecule has 2 N–H and O–H groups in total. The van der Waals surface area contributed by atoms with Crippen molar-refractivity contribution in [3.63, 3.8) is 0 Å². The van der Waals surface area contributed by atoms with Gasteiger partial charge in [0.2, 0.25) is 0 Å². The molecule has 3 aromatic heterocycles. The summed E-state index contributed by atoms with van der Waals surface area (Å²) in [6.45, 7) is 0. The molecule has 0 amide bonds. The predicted octanol–water partition coefficient (Wildman–Crippen LogP) is 3.81. The summed E-state index contributed by atoms with van der Waals surface area (Å²) in [7, 11) is 1.79. The maximum absolute atomic E-state index is 14.7. The van der Waals surface area contributed by atoms with E-state index in [1.807, 2.05) is 6.07 Å². The number of nitrogens with two attached hydrogens (primary N) is 1. The molecule has 0 radical (unpaired) electrons. The molecule has 5 aromatic rings. The second kappa shape index (κ2) is 5.85. The maximum atomic E-state index is 14.7. The second-order valence-electron chi connectivity index (χ2n) is 6.51. The minimum absolute atomic E-state index is 0.204. The molecule has 5 rings (SSSR count). The lowest BCUT2D eigenvalue weighted by Gasteiger charge is -2.14. The van der Waals surface area contributed by atoms with Crippen LogP contribution in [0.15, 0.2) is 55.1 Å². The first-order valence-corrected chi connectivity index (χ1v) is 8.52. The van der Waals surface area contributed by atoms with Crippen molar-refractivity contribution in [1.82, 2.24) is 23.9 Å². The molecule has 0 atom stereocenters. The van der Waals surface area contributed by atoms with Gasteiger partial charge in [-0.1, -0.05) is 12.1 Å². The predicted molar refractivity (Wildman–Crippen MR) is 102 cm³/mol. The zero-order chi connectivity index (χ0) is 19.4. The number of hydrogen-bond acceptors (Lipinski definition) is 4. The van der Waals surface area contributed by atoms with E-state index < -0.39 is 11.6 Å². The van der Waals surface area contributed by atoms with Crippen molar-refractivity contribution in [1.29, 1.82) is 0 Å². The topological polar surface area (TPSA) is 74.0 Å². The van der Waals surface area contributed by atoms with Gasteiger partial charge in [-0.2, -0.15) is 0 Å². The highest BCUT2D eigenvalue weighted by Gasteiger charge is 2.19. The van der Waals surface area contributed by atoms with Gasteiger partial charge < -0.3 is 10.3 Å².